The first-order chi connectivity index (χ1) is 10.6. The number of aryl methyl sites for hydroxylation is 1. The molecule has 2 N–H and O–H groups in total. The summed E-state index contributed by atoms with van der Waals surface area (Å²) in [5.74, 6) is -0.0837. The summed E-state index contributed by atoms with van der Waals surface area (Å²) in [5, 5.41) is 6.87. The van der Waals surface area contributed by atoms with Gasteiger partial charge in [-0.25, -0.2) is 0 Å². The highest BCUT2D eigenvalue weighted by molar-refractivity contribution is 6.31. The summed E-state index contributed by atoms with van der Waals surface area (Å²) in [6, 6.07) is 14.9. The summed E-state index contributed by atoms with van der Waals surface area (Å²) in [7, 11) is 0. The van der Waals surface area contributed by atoms with Gasteiger partial charge in [-0.15, -0.1) is 0 Å². The maximum atomic E-state index is 12.6. The number of amides is 1. The standard InChI is InChI=1S/C18H21ClN2O/c1-3-11-20-17(14-7-5-4-6-8-14)18(22)21-15-10-9-13(2)16(19)12-15/h4-10,12,17,20H,3,11H2,1-2H3,(H,21,22). The van der Waals surface area contributed by atoms with Crippen molar-refractivity contribution in [2.45, 2.75) is 26.3 Å². The van der Waals surface area contributed by atoms with Crippen molar-refractivity contribution in [3.05, 3.63) is 64.7 Å². The number of hydrogen-bond acceptors (Lipinski definition) is 2. The third-order valence-corrected chi connectivity index (χ3v) is 3.84. The molecule has 0 aromatic heterocycles. The molecule has 2 aromatic carbocycles. The van der Waals surface area contributed by atoms with Crippen LogP contribution in [0.3, 0.4) is 0 Å². The zero-order valence-electron chi connectivity index (χ0n) is 12.9. The largest absolute Gasteiger partial charge is 0.324 e. The molecule has 0 saturated heterocycles. The van der Waals surface area contributed by atoms with Gasteiger partial charge in [0.1, 0.15) is 6.04 Å². The lowest BCUT2D eigenvalue weighted by Gasteiger charge is -2.19. The minimum Gasteiger partial charge on any atom is -0.324 e. The van der Waals surface area contributed by atoms with Gasteiger partial charge in [0.05, 0.1) is 0 Å². The van der Waals surface area contributed by atoms with Crippen molar-refractivity contribution >= 4 is 23.2 Å². The van der Waals surface area contributed by atoms with Crippen LogP contribution in [0.4, 0.5) is 5.69 Å². The van der Waals surface area contributed by atoms with Crippen LogP contribution in [0.25, 0.3) is 0 Å². The number of nitrogens with one attached hydrogen (secondary N) is 2. The molecule has 1 atom stereocenters. The lowest BCUT2D eigenvalue weighted by atomic mass is 10.1. The van der Waals surface area contributed by atoms with Crippen LogP contribution in [-0.2, 0) is 4.79 Å². The average Bonchev–Trinajstić information content (AvgIpc) is 2.52. The summed E-state index contributed by atoms with van der Waals surface area (Å²) in [5.41, 5.74) is 2.65. The summed E-state index contributed by atoms with van der Waals surface area (Å²) in [6.45, 7) is 4.79. The summed E-state index contributed by atoms with van der Waals surface area (Å²) < 4.78 is 0. The van der Waals surface area contributed by atoms with Crippen LogP contribution < -0.4 is 10.6 Å². The maximum Gasteiger partial charge on any atom is 0.246 e. The fourth-order valence-electron chi connectivity index (χ4n) is 2.18. The summed E-state index contributed by atoms with van der Waals surface area (Å²) in [6.07, 6.45) is 0.965. The molecule has 1 unspecified atom stereocenters. The Kier molecular flexibility index (Phi) is 5.99. The highest BCUT2D eigenvalue weighted by Gasteiger charge is 2.19. The number of carbonyl (C=O) groups excluding carboxylic acids is 1. The van der Waals surface area contributed by atoms with Crippen molar-refractivity contribution in [2.24, 2.45) is 0 Å². The van der Waals surface area contributed by atoms with Crippen LogP contribution in [0.1, 0.15) is 30.5 Å². The monoisotopic (exact) mass is 316 g/mol. The van der Waals surface area contributed by atoms with E-state index in [1.807, 2.05) is 49.4 Å². The van der Waals surface area contributed by atoms with E-state index in [1.54, 1.807) is 6.07 Å². The van der Waals surface area contributed by atoms with Gasteiger partial charge in [-0.3, -0.25) is 4.79 Å². The molecule has 1 amide bonds. The third kappa shape index (κ3) is 4.33. The zero-order valence-corrected chi connectivity index (χ0v) is 13.7. The Morgan fingerprint density at radius 2 is 1.91 bits per heavy atom. The van der Waals surface area contributed by atoms with Gasteiger partial charge in [0.2, 0.25) is 5.91 Å². The van der Waals surface area contributed by atoms with Gasteiger partial charge < -0.3 is 10.6 Å². The number of carbonyl (C=O) groups is 1. The van der Waals surface area contributed by atoms with Gasteiger partial charge in [0.15, 0.2) is 0 Å². The van der Waals surface area contributed by atoms with E-state index in [0.29, 0.717) is 10.7 Å². The fraction of sp³-hybridized carbons (Fsp3) is 0.278. The Balaban J connectivity index is 2.16. The smallest absolute Gasteiger partial charge is 0.246 e. The molecule has 0 bridgehead atoms. The van der Waals surface area contributed by atoms with Gasteiger partial charge >= 0.3 is 0 Å². The Hall–Kier alpha value is -1.84. The van der Waals surface area contributed by atoms with Gasteiger partial charge in [-0.2, -0.15) is 0 Å². The van der Waals surface area contributed by atoms with E-state index in [-0.39, 0.29) is 11.9 Å². The molecule has 0 aliphatic rings. The minimum absolute atomic E-state index is 0.0837. The number of hydrogen-bond donors (Lipinski definition) is 2. The van der Waals surface area contributed by atoms with Crippen LogP contribution in [0, 0.1) is 6.92 Å². The normalized spacial score (nSPS) is 12.0. The second-order valence-corrected chi connectivity index (χ2v) is 5.66. The molecule has 0 spiro atoms. The summed E-state index contributed by atoms with van der Waals surface area (Å²) >= 11 is 6.11. The first kappa shape index (κ1) is 16.5. The van der Waals surface area contributed by atoms with Gasteiger partial charge in [-0.05, 0) is 43.1 Å². The predicted octanol–water partition coefficient (Wildman–Crippen LogP) is 4.33. The highest BCUT2D eigenvalue weighted by atomic mass is 35.5. The van der Waals surface area contributed by atoms with E-state index >= 15 is 0 Å². The lowest BCUT2D eigenvalue weighted by Crippen LogP contribution is -2.33. The predicted molar refractivity (Wildman–Crippen MR) is 92.3 cm³/mol. The zero-order chi connectivity index (χ0) is 15.9. The first-order valence-corrected chi connectivity index (χ1v) is 7.85. The van der Waals surface area contributed by atoms with Crippen LogP contribution >= 0.6 is 11.6 Å². The molecule has 0 saturated carbocycles. The van der Waals surface area contributed by atoms with Crippen LogP contribution in [0.15, 0.2) is 48.5 Å². The minimum atomic E-state index is -0.374. The Labute approximate surface area is 136 Å². The number of rotatable bonds is 6. The van der Waals surface area contributed by atoms with Gasteiger partial charge in [0.25, 0.3) is 0 Å². The van der Waals surface area contributed by atoms with Crippen molar-refractivity contribution in [2.75, 3.05) is 11.9 Å². The second kappa shape index (κ2) is 7.97. The molecule has 2 rings (SSSR count). The van der Waals surface area contributed by atoms with E-state index in [9.17, 15) is 4.79 Å². The van der Waals surface area contributed by atoms with Crippen LogP contribution in [0.2, 0.25) is 5.02 Å². The topological polar surface area (TPSA) is 41.1 Å². The molecule has 22 heavy (non-hydrogen) atoms. The average molecular weight is 317 g/mol. The molecular weight excluding hydrogens is 296 g/mol. The molecule has 2 aromatic rings. The van der Waals surface area contributed by atoms with E-state index in [4.69, 9.17) is 11.6 Å². The van der Waals surface area contributed by atoms with E-state index in [1.165, 1.54) is 0 Å². The second-order valence-electron chi connectivity index (χ2n) is 5.25. The van der Waals surface area contributed by atoms with Crippen molar-refractivity contribution < 1.29 is 4.79 Å². The molecule has 0 heterocycles. The van der Waals surface area contributed by atoms with Gasteiger partial charge in [0, 0.05) is 10.7 Å². The molecule has 116 valence electrons. The van der Waals surface area contributed by atoms with Crippen molar-refractivity contribution in [1.29, 1.82) is 0 Å². The Morgan fingerprint density at radius 1 is 1.18 bits per heavy atom. The third-order valence-electron chi connectivity index (χ3n) is 3.43. The number of benzene rings is 2. The van der Waals surface area contributed by atoms with Crippen LogP contribution in [-0.4, -0.2) is 12.5 Å². The van der Waals surface area contributed by atoms with E-state index in [0.717, 1.165) is 24.1 Å². The van der Waals surface area contributed by atoms with Gasteiger partial charge in [-0.1, -0.05) is 54.9 Å². The Morgan fingerprint density at radius 3 is 2.55 bits per heavy atom. The molecule has 0 fully saturated rings. The molecule has 0 aliphatic heterocycles. The molecule has 3 nitrogen and oxygen atoms in total. The van der Waals surface area contributed by atoms with E-state index < -0.39 is 0 Å². The number of halogens is 1. The molecule has 4 heteroatoms. The lowest BCUT2D eigenvalue weighted by molar-refractivity contribution is -0.118. The Bertz CT molecular complexity index is 628. The highest BCUT2D eigenvalue weighted by Crippen LogP contribution is 2.21. The van der Waals surface area contributed by atoms with Crippen molar-refractivity contribution in [3.63, 3.8) is 0 Å². The maximum absolute atomic E-state index is 12.6. The fourth-order valence-corrected chi connectivity index (χ4v) is 2.36. The quantitative estimate of drug-likeness (QED) is 0.833. The number of anilines is 1. The van der Waals surface area contributed by atoms with Crippen molar-refractivity contribution in [1.82, 2.24) is 5.32 Å². The first-order valence-electron chi connectivity index (χ1n) is 7.47. The van der Waals surface area contributed by atoms with Crippen LogP contribution in [0.5, 0.6) is 0 Å². The van der Waals surface area contributed by atoms with Crippen molar-refractivity contribution in [3.8, 4) is 0 Å². The molecule has 0 radical (unpaired) electrons. The molecular formula is C18H21ClN2O. The SMILES string of the molecule is CCCNC(C(=O)Nc1ccc(C)c(Cl)c1)c1ccccc1. The van der Waals surface area contributed by atoms with E-state index in [2.05, 4.69) is 17.6 Å². The molecule has 0 aliphatic carbocycles. The summed E-state index contributed by atoms with van der Waals surface area (Å²) in [4.78, 5) is 12.6.